The molecule has 3 aromatic rings. The highest BCUT2D eigenvalue weighted by Crippen LogP contribution is 2.32. The van der Waals surface area contributed by atoms with Gasteiger partial charge < -0.3 is 9.64 Å². The maximum atomic E-state index is 13.0. The van der Waals surface area contributed by atoms with Crippen molar-refractivity contribution in [2.24, 2.45) is 0 Å². The summed E-state index contributed by atoms with van der Waals surface area (Å²) < 4.78 is 5.20. The van der Waals surface area contributed by atoms with Gasteiger partial charge in [-0.3, -0.25) is 4.79 Å². The average molecular weight is 370 g/mol. The summed E-state index contributed by atoms with van der Waals surface area (Å²) in [7, 11) is 1.66. The number of hydrogen-bond acceptors (Lipinski definition) is 5. The summed E-state index contributed by atoms with van der Waals surface area (Å²) in [6, 6.07) is 12.3. The zero-order valence-electron chi connectivity index (χ0n) is 13.8. The van der Waals surface area contributed by atoms with E-state index in [1.165, 1.54) is 11.3 Å². The first-order valence-electron chi connectivity index (χ1n) is 8.18. The van der Waals surface area contributed by atoms with Crippen LogP contribution in [0.1, 0.15) is 28.9 Å². The maximum absolute atomic E-state index is 13.0. The van der Waals surface area contributed by atoms with Crippen molar-refractivity contribution in [1.29, 1.82) is 0 Å². The standard InChI is InChI=1S/C19H18N2O2S2/c1-23-15-8-4-13(5-9-15)11-21(14-6-7-14)19(22)16-12-25-18(20-16)17-3-2-10-24-17/h2-5,8-10,12,14H,6-7,11H2,1H3. The molecule has 0 radical (unpaired) electrons. The van der Waals surface area contributed by atoms with Crippen LogP contribution in [-0.4, -0.2) is 28.9 Å². The van der Waals surface area contributed by atoms with E-state index < -0.39 is 0 Å². The van der Waals surface area contributed by atoms with Gasteiger partial charge in [-0.2, -0.15) is 0 Å². The van der Waals surface area contributed by atoms with Gasteiger partial charge in [-0.1, -0.05) is 18.2 Å². The minimum Gasteiger partial charge on any atom is -0.497 e. The number of rotatable bonds is 6. The molecule has 4 rings (SSSR count). The number of ether oxygens (including phenoxy) is 1. The third-order valence-electron chi connectivity index (χ3n) is 4.22. The summed E-state index contributed by atoms with van der Waals surface area (Å²) in [4.78, 5) is 20.6. The Balaban J connectivity index is 1.53. The van der Waals surface area contributed by atoms with Gasteiger partial charge in [-0.05, 0) is 42.0 Å². The minimum absolute atomic E-state index is 0.0253. The lowest BCUT2D eigenvalue weighted by Gasteiger charge is -2.21. The molecule has 25 heavy (non-hydrogen) atoms. The summed E-state index contributed by atoms with van der Waals surface area (Å²) >= 11 is 3.18. The molecule has 1 fully saturated rings. The van der Waals surface area contributed by atoms with Crippen LogP contribution < -0.4 is 4.74 Å². The molecule has 2 aromatic heterocycles. The van der Waals surface area contributed by atoms with E-state index in [2.05, 4.69) is 4.98 Å². The van der Waals surface area contributed by atoms with Crippen LogP contribution in [0.5, 0.6) is 5.75 Å². The molecule has 1 saturated carbocycles. The van der Waals surface area contributed by atoms with Gasteiger partial charge in [0.15, 0.2) is 0 Å². The molecule has 1 amide bonds. The van der Waals surface area contributed by atoms with Crippen molar-refractivity contribution >= 4 is 28.6 Å². The van der Waals surface area contributed by atoms with E-state index in [9.17, 15) is 4.79 Å². The zero-order valence-corrected chi connectivity index (χ0v) is 15.5. The molecule has 0 spiro atoms. The van der Waals surface area contributed by atoms with E-state index in [1.54, 1.807) is 18.4 Å². The van der Waals surface area contributed by atoms with E-state index in [-0.39, 0.29) is 5.91 Å². The van der Waals surface area contributed by atoms with Gasteiger partial charge in [0.25, 0.3) is 5.91 Å². The van der Waals surface area contributed by atoms with Crippen LogP contribution in [0.3, 0.4) is 0 Å². The molecule has 0 N–H and O–H groups in total. The highest BCUT2D eigenvalue weighted by Gasteiger charge is 2.34. The largest absolute Gasteiger partial charge is 0.497 e. The van der Waals surface area contributed by atoms with Gasteiger partial charge in [-0.15, -0.1) is 22.7 Å². The molecule has 1 aliphatic carbocycles. The monoisotopic (exact) mass is 370 g/mol. The van der Waals surface area contributed by atoms with Crippen LogP contribution in [0.4, 0.5) is 0 Å². The third kappa shape index (κ3) is 3.60. The predicted molar refractivity (Wildman–Crippen MR) is 101 cm³/mol. The van der Waals surface area contributed by atoms with E-state index in [4.69, 9.17) is 4.74 Å². The van der Waals surface area contributed by atoms with Crippen LogP contribution in [0.15, 0.2) is 47.2 Å². The number of carbonyl (C=O) groups excluding carboxylic acids is 1. The third-order valence-corrected chi connectivity index (χ3v) is 6.10. The number of benzene rings is 1. The van der Waals surface area contributed by atoms with E-state index in [0.29, 0.717) is 18.3 Å². The lowest BCUT2D eigenvalue weighted by molar-refractivity contribution is 0.0725. The molecule has 2 heterocycles. The van der Waals surface area contributed by atoms with Gasteiger partial charge in [0.1, 0.15) is 16.5 Å². The second-order valence-corrected chi connectivity index (χ2v) is 7.83. The summed E-state index contributed by atoms with van der Waals surface area (Å²) in [6.07, 6.45) is 2.15. The smallest absolute Gasteiger partial charge is 0.273 e. The van der Waals surface area contributed by atoms with Gasteiger partial charge >= 0.3 is 0 Å². The Morgan fingerprint density at radius 3 is 2.68 bits per heavy atom. The molecule has 4 nitrogen and oxygen atoms in total. The lowest BCUT2D eigenvalue weighted by atomic mass is 10.2. The number of thiophene rings is 1. The molecule has 0 aliphatic heterocycles. The van der Waals surface area contributed by atoms with Crippen molar-refractivity contribution in [3.05, 3.63) is 58.4 Å². The second kappa shape index (κ2) is 6.98. The summed E-state index contributed by atoms with van der Waals surface area (Å²) in [5, 5.41) is 4.82. The Morgan fingerprint density at radius 1 is 1.24 bits per heavy atom. The van der Waals surface area contributed by atoms with Crippen molar-refractivity contribution in [2.75, 3.05) is 7.11 Å². The Kier molecular flexibility index (Phi) is 4.55. The first-order chi connectivity index (χ1) is 12.2. The molecule has 0 saturated heterocycles. The van der Waals surface area contributed by atoms with Crippen molar-refractivity contribution in [3.8, 4) is 15.6 Å². The average Bonchev–Trinajstić information content (AvgIpc) is 3.13. The first-order valence-corrected chi connectivity index (χ1v) is 9.94. The SMILES string of the molecule is COc1ccc(CN(C(=O)c2csc(-c3cccs3)n2)C2CC2)cc1. The van der Waals surface area contributed by atoms with Crippen LogP contribution in [0.25, 0.3) is 9.88 Å². The van der Waals surface area contributed by atoms with Crippen LogP contribution in [0, 0.1) is 0 Å². The second-order valence-electron chi connectivity index (χ2n) is 6.03. The fourth-order valence-electron chi connectivity index (χ4n) is 2.71. The Labute approximate surface area is 154 Å². The number of amides is 1. The van der Waals surface area contributed by atoms with E-state index in [1.807, 2.05) is 52.1 Å². The Bertz CT molecular complexity index is 852. The lowest BCUT2D eigenvalue weighted by Crippen LogP contribution is -2.32. The zero-order chi connectivity index (χ0) is 17.2. The van der Waals surface area contributed by atoms with Crippen molar-refractivity contribution in [1.82, 2.24) is 9.88 Å². The van der Waals surface area contributed by atoms with Crippen molar-refractivity contribution in [2.45, 2.75) is 25.4 Å². The van der Waals surface area contributed by atoms with Gasteiger partial charge in [0.05, 0.1) is 12.0 Å². The molecule has 0 bridgehead atoms. The topological polar surface area (TPSA) is 42.4 Å². The van der Waals surface area contributed by atoms with Crippen molar-refractivity contribution in [3.63, 3.8) is 0 Å². The summed E-state index contributed by atoms with van der Waals surface area (Å²) in [5.74, 6) is 0.852. The van der Waals surface area contributed by atoms with Gasteiger partial charge in [-0.25, -0.2) is 4.98 Å². The molecule has 1 aliphatic rings. The maximum Gasteiger partial charge on any atom is 0.273 e. The molecular formula is C19H18N2O2S2. The first kappa shape index (κ1) is 16.3. The van der Waals surface area contributed by atoms with Crippen LogP contribution >= 0.6 is 22.7 Å². The molecule has 128 valence electrons. The predicted octanol–water partition coefficient (Wildman–Crippen LogP) is 4.69. The number of methoxy groups -OCH3 is 1. The quantitative estimate of drug-likeness (QED) is 0.632. The number of aromatic nitrogens is 1. The summed E-state index contributed by atoms with van der Waals surface area (Å²) in [6.45, 7) is 0.610. The Morgan fingerprint density at radius 2 is 2.04 bits per heavy atom. The number of nitrogens with zero attached hydrogens (tertiary/aromatic N) is 2. The number of carbonyl (C=O) groups is 1. The van der Waals surface area contributed by atoms with Crippen LogP contribution in [-0.2, 0) is 6.54 Å². The molecular weight excluding hydrogens is 352 g/mol. The normalized spacial score (nSPS) is 13.6. The number of hydrogen-bond donors (Lipinski definition) is 0. The van der Waals surface area contributed by atoms with Crippen LogP contribution in [0.2, 0.25) is 0 Å². The fraction of sp³-hybridized carbons (Fsp3) is 0.263. The van der Waals surface area contributed by atoms with Gasteiger partial charge in [0.2, 0.25) is 0 Å². The molecule has 1 aromatic carbocycles. The molecule has 6 heteroatoms. The Hall–Kier alpha value is -2.18. The highest BCUT2D eigenvalue weighted by atomic mass is 32.1. The molecule has 0 atom stereocenters. The van der Waals surface area contributed by atoms with E-state index >= 15 is 0 Å². The fourth-order valence-corrected chi connectivity index (χ4v) is 4.32. The van der Waals surface area contributed by atoms with E-state index in [0.717, 1.165) is 34.0 Å². The molecule has 0 unspecified atom stereocenters. The van der Waals surface area contributed by atoms with Gasteiger partial charge in [0, 0.05) is 18.0 Å². The summed E-state index contributed by atoms with van der Waals surface area (Å²) in [5.41, 5.74) is 1.66. The minimum atomic E-state index is 0.0253. The number of thiazole rings is 1. The van der Waals surface area contributed by atoms with Crippen molar-refractivity contribution < 1.29 is 9.53 Å². The highest BCUT2D eigenvalue weighted by molar-refractivity contribution is 7.20.